The van der Waals surface area contributed by atoms with Crippen LogP contribution in [-0.2, 0) is 9.53 Å². The molecule has 0 bridgehead atoms. The summed E-state index contributed by atoms with van der Waals surface area (Å²) in [5.74, 6) is 0.772. The minimum Gasteiger partial charge on any atom is -0.383 e. The SMILES string of the molecule is COCCNC(=O)CCNC1CC(c2ccccc2C)C1. The first-order chi connectivity index (χ1) is 10.2. The second kappa shape index (κ2) is 8.15. The van der Waals surface area contributed by atoms with Crippen LogP contribution in [-0.4, -0.2) is 38.8 Å². The molecule has 21 heavy (non-hydrogen) atoms. The Morgan fingerprint density at radius 1 is 1.29 bits per heavy atom. The first-order valence-electron chi connectivity index (χ1n) is 7.75. The van der Waals surface area contributed by atoms with Gasteiger partial charge in [-0.3, -0.25) is 4.79 Å². The first kappa shape index (κ1) is 16.0. The first-order valence-corrected chi connectivity index (χ1v) is 7.75. The molecule has 0 aliphatic heterocycles. The van der Waals surface area contributed by atoms with Gasteiger partial charge in [0.25, 0.3) is 0 Å². The molecule has 0 unspecified atom stereocenters. The molecule has 1 aliphatic rings. The highest BCUT2D eigenvalue weighted by atomic mass is 16.5. The van der Waals surface area contributed by atoms with Crippen LogP contribution < -0.4 is 10.6 Å². The van der Waals surface area contributed by atoms with Crippen LogP contribution in [0.25, 0.3) is 0 Å². The normalized spacial score (nSPS) is 20.9. The lowest BCUT2D eigenvalue weighted by atomic mass is 9.74. The average Bonchev–Trinajstić information content (AvgIpc) is 2.43. The molecule has 0 saturated heterocycles. The summed E-state index contributed by atoms with van der Waals surface area (Å²) in [5.41, 5.74) is 2.87. The van der Waals surface area contributed by atoms with Crippen molar-refractivity contribution in [2.75, 3.05) is 26.8 Å². The summed E-state index contributed by atoms with van der Waals surface area (Å²) >= 11 is 0. The lowest BCUT2D eigenvalue weighted by Gasteiger charge is -2.37. The van der Waals surface area contributed by atoms with Crippen LogP contribution in [0.4, 0.5) is 0 Å². The van der Waals surface area contributed by atoms with Crippen molar-refractivity contribution in [3.8, 4) is 0 Å². The summed E-state index contributed by atoms with van der Waals surface area (Å²) in [6.07, 6.45) is 2.89. The molecule has 1 aromatic carbocycles. The van der Waals surface area contributed by atoms with E-state index in [1.807, 2.05) is 0 Å². The Labute approximate surface area is 127 Å². The molecule has 2 N–H and O–H groups in total. The van der Waals surface area contributed by atoms with Crippen molar-refractivity contribution in [3.63, 3.8) is 0 Å². The Kier molecular flexibility index (Phi) is 6.21. The zero-order valence-corrected chi connectivity index (χ0v) is 13.0. The molecule has 1 saturated carbocycles. The minimum atomic E-state index is 0.0920. The Balaban J connectivity index is 1.59. The summed E-state index contributed by atoms with van der Waals surface area (Å²) in [4.78, 5) is 11.5. The van der Waals surface area contributed by atoms with Crippen LogP contribution in [0.5, 0.6) is 0 Å². The fourth-order valence-electron chi connectivity index (χ4n) is 2.85. The Morgan fingerprint density at radius 3 is 2.76 bits per heavy atom. The van der Waals surface area contributed by atoms with E-state index in [9.17, 15) is 4.79 Å². The van der Waals surface area contributed by atoms with E-state index < -0.39 is 0 Å². The zero-order chi connectivity index (χ0) is 15.1. The molecule has 4 heteroatoms. The second-order valence-electron chi connectivity index (χ2n) is 5.77. The number of carbonyl (C=O) groups excluding carboxylic acids is 1. The molecule has 0 heterocycles. The second-order valence-corrected chi connectivity index (χ2v) is 5.77. The molecular weight excluding hydrogens is 264 g/mol. The Bertz CT molecular complexity index is 456. The number of methoxy groups -OCH3 is 1. The predicted octanol–water partition coefficient (Wildman–Crippen LogP) is 1.98. The number of nitrogens with one attached hydrogen (secondary N) is 2. The van der Waals surface area contributed by atoms with Gasteiger partial charge in [0.15, 0.2) is 0 Å². The Morgan fingerprint density at radius 2 is 2.05 bits per heavy atom. The van der Waals surface area contributed by atoms with Gasteiger partial charge in [-0.25, -0.2) is 0 Å². The molecule has 2 rings (SSSR count). The highest BCUT2D eigenvalue weighted by molar-refractivity contribution is 5.76. The van der Waals surface area contributed by atoms with E-state index in [4.69, 9.17) is 4.74 Å². The summed E-state index contributed by atoms with van der Waals surface area (Å²) in [5, 5.41) is 6.30. The third-order valence-electron chi connectivity index (χ3n) is 4.18. The molecule has 1 amide bonds. The standard InChI is InChI=1S/C17H26N2O2/c1-13-5-3-4-6-16(13)14-11-15(12-14)18-8-7-17(20)19-9-10-21-2/h3-6,14-15,18H,7-12H2,1-2H3,(H,19,20). The van der Waals surface area contributed by atoms with Crippen LogP contribution in [0.15, 0.2) is 24.3 Å². The topological polar surface area (TPSA) is 50.4 Å². The number of hydrogen-bond donors (Lipinski definition) is 2. The number of hydrogen-bond acceptors (Lipinski definition) is 3. The van der Waals surface area contributed by atoms with E-state index in [0.29, 0.717) is 31.5 Å². The summed E-state index contributed by atoms with van der Waals surface area (Å²) < 4.78 is 4.89. The molecule has 1 fully saturated rings. The van der Waals surface area contributed by atoms with E-state index >= 15 is 0 Å². The molecule has 0 spiro atoms. The predicted molar refractivity (Wildman–Crippen MR) is 84.4 cm³/mol. The third kappa shape index (κ3) is 4.83. The van der Waals surface area contributed by atoms with Gasteiger partial charge in [-0.15, -0.1) is 0 Å². The maximum atomic E-state index is 11.5. The largest absolute Gasteiger partial charge is 0.383 e. The van der Waals surface area contributed by atoms with E-state index in [-0.39, 0.29) is 5.91 Å². The van der Waals surface area contributed by atoms with E-state index in [2.05, 4.69) is 41.8 Å². The number of rotatable bonds is 8. The van der Waals surface area contributed by atoms with Gasteiger partial charge < -0.3 is 15.4 Å². The monoisotopic (exact) mass is 290 g/mol. The maximum absolute atomic E-state index is 11.5. The van der Waals surface area contributed by atoms with Crippen molar-refractivity contribution < 1.29 is 9.53 Å². The van der Waals surface area contributed by atoms with Crippen molar-refractivity contribution in [2.45, 2.75) is 38.1 Å². The van der Waals surface area contributed by atoms with Crippen LogP contribution >= 0.6 is 0 Å². The molecule has 1 aromatic rings. The van der Waals surface area contributed by atoms with Crippen LogP contribution in [0.1, 0.15) is 36.3 Å². The summed E-state index contributed by atoms with van der Waals surface area (Å²) in [6.45, 7) is 4.10. The van der Waals surface area contributed by atoms with Gasteiger partial charge in [0.1, 0.15) is 0 Å². The maximum Gasteiger partial charge on any atom is 0.221 e. The quantitative estimate of drug-likeness (QED) is 0.720. The number of amides is 1. The van der Waals surface area contributed by atoms with E-state index in [1.54, 1.807) is 7.11 Å². The van der Waals surface area contributed by atoms with Crippen LogP contribution in [0.3, 0.4) is 0 Å². The summed E-state index contributed by atoms with van der Waals surface area (Å²) in [6, 6.07) is 9.18. The van der Waals surface area contributed by atoms with Gasteiger partial charge in [0.2, 0.25) is 5.91 Å². The van der Waals surface area contributed by atoms with Crippen LogP contribution in [0, 0.1) is 6.92 Å². The molecule has 0 atom stereocenters. The van der Waals surface area contributed by atoms with Crippen molar-refractivity contribution in [1.82, 2.24) is 10.6 Å². The highest BCUT2D eigenvalue weighted by Gasteiger charge is 2.30. The van der Waals surface area contributed by atoms with Crippen molar-refractivity contribution in [1.29, 1.82) is 0 Å². The van der Waals surface area contributed by atoms with Gasteiger partial charge in [0, 0.05) is 32.7 Å². The summed E-state index contributed by atoms with van der Waals surface area (Å²) in [7, 11) is 1.63. The molecule has 0 aromatic heterocycles. The van der Waals surface area contributed by atoms with E-state index in [0.717, 1.165) is 6.54 Å². The average molecular weight is 290 g/mol. The smallest absolute Gasteiger partial charge is 0.221 e. The Hall–Kier alpha value is -1.39. The van der Waals surface area contributed by atoms with Gasteiger partial charge in [-0.05, 0) is 36.8 Å². The van der Waals surface area contributed by atoms with Gasteiger partial charge >= 0.3 is 0 Å². The fourth-order valence-corrected chi connectivity index (χ4v) is 2.85. The minimum absolute atomic E-state index is 0.0920. The lowest BCUT2D eigenvalue weighted by molar-refractivity contribution is -0.121. The number of benzene rings is 1. The van der Waals surface area contributed by atoms with Gasteiger partial charge in [-0.1, -0.05) is 24.3 Å². The number of ether oxygens (including phenoxy) is 1. The van der Waals surface area contributed by atoms with E-state index in [1.165, 1.54) is 24.0 Å². The number of carbonyl (C=O) groups is 1. The number of aryl methyl sites for hydroxylation is 1. The molecule has 116 valence electrons. The van der Waals surface area contributed by atoms with Crippen LogP contribution in [0.2, 0.25) is 0 Å². The molecule has 1 aliphatic carbocycles. The fraction of sp³-hybridized carbons (Fsp3) is 0.588. The molecule has 4 nitrogen and oxygen atoms in total. The van der Waals surface area contributed by atoms with Gasteiger partial charge in [0.05, 0.1) is 6.61 Å². The third-order valence-corrected chi connectivity index (χ3v) is 4.18. The zero-order valence-electron chi connectivity index (χ0n) is 13.0. The van der Waals surface area contributed by atoms with Gasteiger partial charge in [-0.2, -0.15) is 0 Å². The van der Waals surface area contributed by atoms with Crippen molar-refractivity contribution in [3.05, 3.63) is 35.4 Å². The highest BCUT2D eigenvalue weighted by Crippen LogP contribution is 2.38. The molecular formula is C17H26N2O2. The van der Waals surface area contributed by atoms with Crippen molar-refractivity contribution >= 4 is 5.91 Å². The molecule has 0 radical (unpaired) electrons. The lowest BCUT2D eigenvalue weighted by Crippen LogP contribution is -2.42. The van der Waals surface area contributed by atoms with Crippen molar-refractivity contribution in [2.24, 2.45) is 0 Å².